The van der Waals surface area contributed by atoms with Crippen molar-refractivity contribution in [1.29, 1.82) is 0 Å². The molecule has 1 saturated heterocycles. The van der Waals surface area contributed by atoms with Crippen LogP contribution in [0.5, 0.6) is 5.75 Å². The maximum absolute atomic E-state index is 13.1. The molecular formula is C24H26N2O4S2. The summed E-state index contributed by atoms with van der Waals surface area (Å²) >= 11 is 1.65. The largest absolute Gasteiger partial charge is 0.494 e. The third-order valence-corrected chi connectivity index (χ3v) is 8.52. The van der Waals surface area contributed by atoms with E-state index >= 15 is 0 Å². The van der Waals surface area contributed by atoms with Crippen molar-refractivity contribution in [3.8, 4) is 16.3 Å². The number of hydrogen-bond donors (Lipinski definition) is 1. The number of amides is 1. The molecule has 32 heavy (non-hydrogen) atoms. The summed E-state index contributed by atoms with van der Waals surface area (Å²) in [4.78, 5) is 17.4. The Labute approximate surface area is 194 Å². The minimum Gasteiger partial charge on any atom is -0.494 e. The number of benzene rings is 2. The zero-order valence-corrected chi connectivity index (χ0v) is 19.3. The summed E-state index contributed by atoms with van der Waals surface area (Å²) in [5.74, 6) is 0.172. The molecule has 1 aliphatic rings. The molecule has 0 radical (unpaired) electrons. The van der Waals surface area contributed by atoms with E-state index in [1.807, 2.05) is 18.2 Å². The quantitative estimate of drug-likeness (QED) is 0.478. The number of ether oxygens (including phenoxy) is 2. The molecule has 0 saturated carbocycles. The first-order valence-corrected chi connectivity index (χ1v) is 12.6. The fraction of sp³-hybridized carbons (Fsp3) is 0.333. The van der Waals surface area contributed by atoms with Crippen LogP contribution in [0.25, 0.3) is 10.6 Å². The molecule has 6 nitrogen and oxygen atoms in total. The van der Waals surface area contributed by atoms with Crippen molar-refractivity contribution >= 4 is 28.0 Å². The highest BCUT2D eigenvalue weighted by atomic mass is 32.2. The van der Waals surface area contributed by atoms with Crippen LogP contribution >= 0.6 is 11.3 Å². The van der Waals surface area contributed by atoms with Crippen molar-refractivity contribution in [2.45, 2.75) is 35.3 Å². The van der Waals surface area contributed by atoms with E-state index in [0.29, 0.717) is 43.3 Å². The van der Waals surface area contributed by atoms with Gasteiger partial charge in [0.05, 0.1) is 23.1 Å². The normalized spacial score (nSPS) is 16.4. The fourth-order valence-corrected chi connectivity index (χ4v) is 6.10. The number of aryl methyl sites for hydroxylation is 1. The molecule has 0 aliphatic carbocycles. The van der Waals surface area contributed by atoms with Crippen LogP contribution in [0, 0.1) is 0 Å². The monoisotopic (exact) mass is 470 g/mol. The van der Waals surface area contributed by atoms with E-state index in [1.165, 1.54) is 0 Å². The number of hydrogen-bond acceptors (Lipinski definition) is 6. The van der Waals surface area contributed by atoms with Gasteiger partial charge in [0.1, 0.15) is 15.5 Å². The Balaban J connectivity index is 1.28. The minimum absolute atomic E-state index is 0.371. The lowest BCUT2D eigenvalue weighted by Gasteiger charge is -2.33. The van der Waals surface area contributed by atoms with Crippen molar-refractivity contribution in [1.82, 2.24) is 4.98 Å². The molecular weight excluding hydrogens is 444 g/mol. The Bertz CT molecular complexity index is 1060. The number of thiazole rings is 1. The van der Waals surface area contributed by atoms with Gasteiger partial charge < -0.3 is 15.2 Å². The van der Waals surface area contributed by atoms with Crippen molar-refractivity contribution in [3.05, 3.63) is 65.7 Å². The SMILES string of the molecule is NC(=O)C1(S(=O)c2ccc(OCCCc3csc(-c4ccccc4)n3)cc2)CCOCC1. The molecule has 1 atom stereocenters. The molecule has 2 N–H and O–H groups in total. The maximum Gasteiger partial charge on any atom is 0.236 e. The molecule has 8 heteroatoms. The average molecular weight is 471 g/mol. The van der Waals surface area contributed by atoms with E-state index in [2.05, 4.69) is 17.5 Å². The first kappa shape index (κ1) is 22.6. The summed E-state index contributed by atoms with van der Waals surface area (Å²) in [5, 5.41) is 3.13. The second-order valence-corrected chi connectivity index (χ2v) is 10.3. The molecule has 0 bridgehead atoms. The number of aromatic nitrogens is 1. The molecule has 4 rings (SSSR count). The van der Waals surface area contributed by atoms with Gasteiger partial charge in [-0.05, 0) is 49.9 Å². The Morgan fingerprint density at radius 3 is 2.53 bits per heavy atom. The highest BCUT2D eigenvalue weighted by Gasteiger charge is 2.45. The lowest BCUT2D eigenvalue weighted by Crippen LogP contribution is -2.51. The molecule has 1 amide bonds. The summed E-state index contributed by atoms with van der Waals surface area (Å²) in [5.41, 5.74) is 7.82. The van der Waals surface area contributed by atoms with Crippen LogP contribution in [0.2, 0.25) is 0 Å². The van der Waals surface area contributed by atoms with E-state index in [1.54, 1.807) is 35.6 Å². The zero-order valence-electron chi connectivity index (χ0n) is 17.7. The van der Waals surface area contributed by atoms with Crippen molar-refractivity contribution < 1.29 is 18.5 Å². The van der Waals surface area contributed by atoms with Crippen molar-refractivity contribution in [3.63, 3.8) is 0 Å². The summed E-state index contributed by atoms with van der Waals surface area (Å²) in [6, 6.07) is 17.2. The van der Waals surface area contributed by atoms with Crippen LogP contribution in [0.3, 0.4) is 0 Å². The number of primary amides is 1. The predicted molar refractivity (Wildman–Crippen MR) is 126 cm³/mol. The van der Waals surface area contributed by atoms with Gasteiger partial charge in [-0.2, -0.15) is 0 Å². The van der Waals surface area contributed by atoms with E-state index in [0.717, 1.165) is 29.1 Å². The third kappa shape index (κ3) is 5.09. The van der Waals surface area contributed by atoms with Crippen LogP contribution in [0.4, 0.5) is 0 Å². The first-order chi connectivity index (χ1) is 15.6. The smallest absolute Gasteiger partial charge is 0.236 e. The van der Waals surface area contributed by atoms with Gasteiger partial charge in [-0.1, -0.05) is 30.3 Å². The number of carbonyl (C=O) groups excluding carboxylic acids is 1. The Morgan fingerprint density at radius 1 is 1.12 bits per heavy atom. The Morgan fingerprint density at radius 2 is 1.84 bits per heavy atom. The second-order valence-electron chi connectivity index (χ2n) is 7.67. The van der Waals surface area contributed by atoms with Crippen LogP contribution < -0.4 is 10.5 Å². The summed E-state index contributed by atoms with van der Waals surface area (Å²) < 4.78 is 23.2. The van der Waals surface area contributed by atoms with Crippen molar-refractivity contribution in [2.24, 2.45) is 5.73 Å². The summed E-state index contributed by atoms with van der Waals surface area (Å²) in [7, 11) is -1.53. The maximum atomic E-state index is 13.1. The number of carbonyl (C=O) groups is 1. The molecule has 2 aromatic carbocycles. The topological polar surface area (TPSA) is 91.5 Å². The zero-order chi connectivity index (χ0) is 22.4. The van der Waals surface area contributed by atoms with Crippen LogP contribution in [-0.4, -0.2) is 39.7 Å². The second kappa shape index (κ2) is 10.4. The number of nitrogens with two attached hydrogens (primary N) is 1. The van der Waals surface area contributed by atoms with Gasteiger partial charge in [0, 0.05) is 29.1 Å². The van der Waals surface area contributed by atoms with E-state index in [-0.39, 0.29) is 0 Å². The molecule has 1 aliphatic heterocycles. The van der Waals surface area contributed by atoms with E-state index < -0.39 is 21.5 Å². The van der Waals surface area contributed by atoms with Gasteiger partial charge in [-0.15, -0.1) is 11.3 Å². The van der Waals surface area contributed by atoms with Crippen LogP contribution in [0.15, 0.2) is 64.9 Å². The van der Waals surface area contributed by atoms with Gasteiger partial charge in [-0.3, -0.25) is 9.00 Å². The number of nitrogens with zero attached hydrogens (tertiary/aromatic N) is 1. The van der Waals surface area contributed by atoms with E-state index in [4.69, 9.17) is 20.2 Å². The summed E-state index contributed by atoms with van der Waals surface area (Å²) in [6.07, 6.45) is 2.43. The molecule has 1 fully saturated rings. The Kier molecular flexibility index (Phi) is 7.34. The molecule has 2 heterocycles. The predicted octanol–water partition coefficient (Wildman–Crippen LogP) is 3.96. The molecule has 1 aromatic heterocycles. The molecule has 1 unspecified atom stereocenters. The molecule has 168 valence electrons. The number of rotatable bonds is 9. The summed E-state index contributed by atoms with van der Waals surface area (Å²) in [6.45, 7) is 1.34. The average Bonchev–Trinajstić information content (AvgIpc) is 3.32. The molecule has 0 spiro atoms. The fourth-order valence-electron chi connectivity index (χ4n) is 3.69. The lowest BCUT2D eigenvalue weighted by molar-refractivity contribution is -0.122. The van der Waals surface area contributed by atoms with Crippen LogP contribution in [-0.2, 0) is 26.8 Å². The van der Waals surface area contributed by atoms with Crippen molar-refractivity contribution in [2.75, 3.05) is 19.8 Å². The van der Waals surface area contributed by atoms with Gasteiger partial charge >= 0.3 is 0 Å². The van der Waals surface area contributed by atoms with Crippen LogP contribution in [0.1, 0.15) is 25.0 Å². The van der Waals surface area contributed by atoms with E-state index in [9.17, 15) is 9.00 Å². The molecule has 3 aromatic rings. The highest BCUT2D eigenvalue weighted by Crippen LogP contribution is 2.32. The third-order valence-electron chi connectivity index (χ3n) is 5.56. The van der Waals surface area contributed by atoms with Gasteiger partial charge in [0.2, 0.25) is 5.91 Å². The highest BCUT2D eigenvalue weighted by molar-refractivity contribution is 7.87. The lowest BCUT2D eigenvalue weighted by atomic mass is 9.98. The minimum atomic E-state index is -1.53. The van der Waals surface area contributed by atoms with Gasteiger partial charge in [-0.25, -0.2) is 4.98 Å². The van der Waals surface area contributed by atoms with Gasteiger partial charge in [0.25, 0.3) is 0 Å². The Hall–Kier alpha value is -2.55. The van der Waals surface area contributed by atoms with Gasteiger partial charge in [0.15, 0.2) is 0 Å². The standard InChI is InChI=1S/C24H26N2O4S2/c25-23(27)24(12-15-29-16-13-24)32(28)21-10-8-20(9-11-21)30-14-4-7-19-17-31-22(26-19)18-5-2-1-3-6-18/h1-3,5-6,8-11,17H,4,7,12-16H2,(H2,25,27). The first-order valence-electron chi connectivity index (χ1n) is 10.6.